The van der Waals surface area contributed by atoms with Crippen LogP contribution in [0.3, 0.4) is 0 Å². The zero-order chi connectivity index (χ0) is 12.3. The molecule has 0 saturated heterocycles. The molecule has 1 unspecified atom stereocenters. The zero-order valence-corrected chi connectivity index (χ0v) is 12.1. The summed E-state index contributed by atoms with van der Waals surface area (Å²) in [5.41, 5.74) is 2.08. The van der Waals surface area contributed by atoms with Gasteiger partial charge in [-0.3, -0.25) is 0 Å². The maximum atomic E-state index is 9.90. The van der Waals surface area contributed by atoms with Gasteiger partial charge in [-0.2, -0.15) is 0 Å². The molecule has 1 atom stereocenters. The Bertz CT molecular complexity index is 335. The van der Waals surface area contributed by atoms with Crippen LogP contribution in [0.1, 0.15) is 31.9 Å². The van der Waals surface area contributed by atoms with Crippen molar-refractivity contribution in [3.8, 4) is 5.75 Å². The highest BCUT2D eigenvalue weighted by molar-refractivity contribution is 5.85. The van der Waals surface area contributed by atoms with E-state index in [4.69, 9.17) is 4.74 Å². The predicted molar refractivity (Wildman–Crippen MR) is 74.1 cm³/mol. The Morgan fingerprint density at radius 1 is 1.18 bits per heavy atom. The monoisotopic (exact) mass is 258 g/mol. The summed E-state index contributed by atoms with van der Waals surface area (Å²) in [7, 11) is 0. The van der Waals surface area contributed by atoms with E-state index >= 15 is 0 Å². The van der Waals surface area contributed by atoms with Crippen molar-refractivity contribution in [1.29, 1.82) is 0 Å². The van der Waals surface area contributed by atoms with Crippen LogP contribution in [0, 0.1) is 19.3 Å². The second-order valence-electron chi connectivity index (χ2n) is 5.41. The number of ether oxygens (including phenoxy) is 1. The van der Waals surface area contributed by atoms with Gasteiger partial charge >= 0.3 is 0 Å². The molecule has 2 nitrogen and oxygen atoms in total. The Hall–Kier alpha value is -0.730. The lowest BCUT2D eigenvalue weighted by molar-refractivity contribution is 0.0214. The van der Waals surface area contributed by atoms with E-state index in [2.05, 4.69) is 0 Å². The molecule has 0 bridgehead atoms. The van der Waals surface area contributed by atoms with E-state index in [-0.39, 0.29) is 17.8 Å². The van der Waals surface area contributed by atoms with Gasteiger partial charge in [0.1, 0.15) is 12.4 Å². The van der Waals surface area contributed by atoms with Crippen LogP contribution in [0.15, 0.2) is 18.2 Å². The summed E-state index contributed by atoms with van der Waals surface area (Å²) in [5, 5.41) is 9.90. The first-order valence-electron chi connectivity index (χ1n) is 5.69. The highest BCUT2D eigenvalue weighted by Crippen LogP contribution is 2.25. The van der Waals surface area contributed by atoms with Crippen LogP contribution >= 0.6 is 12.4 Å². The number of hydrogen-bond acceptors (Lipinski definition) is 2. The second-order valence-corrected chi connectivity index (χ2v) is 5.41. The number of aryl methyl sites for hydroxylation is 2. The number of rotatable bonds is 3. The number of hydrogen-bond donors (Lipinski definition) is 1. The predicted octanol–water partition coefficient (Wildman–Crippen LogP) is 3.51. The van der Waals surface area contributed by atoms with E-state index < -0.39 is 6.10 Å². The molecule has 1 rings (SSSR count). The number of aliphatic hydroxyl groups excluding tert-OH is 1. The van der Waals surface area contributed by atoms with E-state index in [9.17, 15) is 5.11 Å². The summed E-state index contributed by atoms with van der Waals surface area (Å²) >= 11 is 0. The Labute approximate surface area is 110 Å². The van der Waals surface area contributed by atoms with Gasteiger partial charge in [0.05, 0.1) is 6.10 Å². The largest absolute Gasteiger partial charge is 0.490 e. The van der Waals surface area contributed by atoms with Gasteiger partial charge in [0.25, 0.3) is 0 Å². The first-order chi connectivity index (χ1) is 7.32. The van der Waals surface area contributed by atoms with Crippen LogP contribution in [0.25, 0.3) is 0 Å². The van der Waals surface area contributed by atoms with E-state index in [1.807, 2.05) is 52.8 Å². The fourth-order valence-electron chi connectivity index (χ4n) is 1.44. The molecule has 0 heterocycles. The van der Waals surface area contributed by atoms with Gasteiger partial charge < -0.3 is 9.84 Å². The van der Waals surface area contributed by atoms with Crippen LogP contribution < -0.4 is 4.74 Å². The van der Waals surface area contributed by atoms with Crippen LogP contribution in [-0.4, -0.2) is 17.8 Å². The first kappa shape index (κ1) is 16.3. The van der Waals surface area contributed by atoms with Crippen molar-refractivity contribution in [3.05, 3.63) is 29.3 Å². The molecule has 98 valence electrons. The molecule has 0 saturated carbocycles. The van der Waals surface area contributed by atoms with Crippen molar-refractivity contribution in [2.45, 2.75) is 40.7 Å². The van der Waals surface area contributed by atoms with Crippen LogP contribution in [0.5, 0.6) is 5.75 Å². The maximum Gasteiger partial charge on any atom is 0.125 e. The molecule has 1 aromatic carbocycles. The van der Waals surface area contributed by atoms with E-state index in [1.54, 1.807) is 0 Å². The van der Waals surface area contributed by atoms with Gasteiger partial charge in [0, 0.05) is 0 Å². The SMILES string of the molecule is Cc1cccc(C)c1OCC(O)C(C)(C)C.Cl. The third kappa shape index (κ3) is 4.57. The van der Waals surface area contributed by atoms with Crippen LogP contribution in [0.2, 0.25) is 0 Å². The van der Waals surface area contributed by atoms with Gasteiger partial charge in [0.15, 0.2) is 0 Å². The molecular weight excluding hydrogens is 236 g/mol. The van der Waals surface area contributed by atoms with Crippen LogP contribution in [0.4, 0.5) is 0 Å². The van der Waals surface area contributed by atoms with E-state index in [1.165, 1.54) is 0 Å². The lowest BCUT2D eigenvalue weighted by Crippen LogP contribution is -2.32. The Morgan fingerprint density at radius 3 is 2.06 bits per heavy atom. The molecule has 0 aromatic heterocycles. The molecule has 0 aliphatic rings. The highest BCUT2D eigenvalue weighted by Gasteiger charge is 2.22. The van der Waals surface area contributed by atoms with Crippen molar-refractivity contribution in [2.75, 3.05) is 6.61 Å². The van der Waals surface area contributed by atoms with Crippen molar-refractivity contribution in [3.63, 3.8) is 0 Å². The molecule has 0 spiro atoms. The number of halogens is 1. The van der Waals surface area contributed by atoms with Crippen LogP contribution in [-0.2, 0) is 0 Å². The zero-order valence-electron chi connectivity index (χ0n) is 11.3. The van der Waals surface area contributed by atoms with Gasteiger partial charge in [-0.25, -0.2) is 0 Å². The molecule has 0 aliphatic carbocycles. The molecule has 0 fully saturated rings. The summed E-state index contributed by atoms with van der Waals surface area (Å²) in [6, 6.07) is 6.05. The average Bonchev–Trinajstić information content (AvgIpc) is 2.15. The molecule has 1 N–H and O–H groups in total. The summed E-state index contributed by atoms with van der Waals surface area (Å²) < 4.78 is 5.71. The molecule has 3 heteroatoms. The Balaban J connectivity index is 0.00000256. The standard InChI is InChI=1S/C14H22O2.ClH/c1-10-7-6-8-11(2)13(10)16-9-12(15)14(3,4)5;/h6-8,12,15H,9H2,1-5H3;1H. The normalized spacial score (nSPS) is 12.8. The van der Waals surface area contributed by atoms with Crippen molar-refractivity contribution < 1.29 is 9.84 Å². The van der Waals surface area contributed by atoms with Gasteiger partial charge in [-0.15, -0.1) is 12.4 Å². The fourth-order valence-corrected chi connectivity index (χ4v) is 1.44. The Morgan fingerprint density at radius 2 is 1.65 bits per heavy atom. The summed E-state index contributed by atoms with van der Waals surface area (Å²) in [5.74, 6) is 0.894. The molecule has 0 radical (unpaired) electrons. The first-order valence-corrected chi connectivity index (χ1v) is 5.69. The van der Waals surface area contributed by atoms with Gasteiger partial charge in [-0.05, 0) is 30.4 Å². The Kier molecular flexibility index (Phi) is 6.00. The van der Waals surface area contributed by atoms with Crippen molar-refractivity contribution in [1.82, 2.24) is 0 Å². The summed E-state index contributed by atoms with van der Waals surface area (Å²) in [6.45, 7) is 10.4. The average molecular weight is 259 g/mol. The maximum absolute atomic E-state index is 9.90. The number of aliphatic hydroxyl groups is 1. The van der Waals surface area contributed by atoms with E-state index in [0.717, 1.165) is 16.9 Å². The minimum atomic E-state index is -0.452. The second kappa shape index (κ2) is 6.27. The van der Waals surface area contributed by atoms with Crippen molar-refractivity contribution in [2.24, 2.45) is 5.41 Å². The smallest absolute Gasteiger partial charge is 0.125 e. The third-order valence-electron chi connectivity index (χ3n) is 2.79. The number of benzene rings is 1. The lowest BCUT2D eigenvalue weighted by atomic mass is 9.90. The molecule has 17 heavy (non-hydrogen) atoms. The summed E-state index contributed by atoms with van der Waals surface area (Å²) in [6.07, 6.45) is -0.452. The molecule has 1 aromatic rings. The fraction of sp³-hybridized carbons (Fsp3) is 0.571. The van der Waals surface area contributed by atoms with Gasteiger partial charge in [-0.1, -0.05) is 39.0 Å². The topological polar surface area (TPSA) is 29.5 Å². The molecular formula is C14H23ClO2. The minimum absolute atomic E-state index is 0. The third-order valence-corrected chi connectivity index (χ3v) is 2.79. The molecule has 0 aliphatic heterocycles. The minimum Gasteiger partial charge on any atom is -0.490 e. The van der Waals surface area contributed by atoms with Crippen molar-refractivity contribution >= 4 is 12.4 Å². The lowest BCUT2D eigenvalue weighted by Gasteiger charge is -2.26. The number of para-hydroxylation sites is 1. The molecule has 0 amide bonds. The van der Waals surface area contributed by atoms with E-state index in [0.29, 0.717) is 6.61 Å². The summed E-state index contributed by atoms with van der Waals surface area (Å²) in [4.78, 5) is 0. The highest BCUT2D eigenvalue weighted by atomic mass is 35.5. The van der Waals surface area contributed by atoms with Gasteiger partial charge in [0.2, 0.25) is 0 Å². The quantitative estimate of drug-likeness (QED) is 0.899.